The van der Waals surface area contributed by atoms with Crippen LogP contribution in [0.25, 0.3) is 0 Å². The minimum absolute atomic E-state index is 0.263. The Bertz CT molecular complexity index is 1030. The van der Waals surface area contributed by atoms with Gasteiger partial charge < -0.3 is 15.3 Å². The van der Waals surface area contributed by atoms with Crippen LogP contribution in [-0.2, 0) is 13.1 Å². The number of hydrogen-bond acceptors (Lipinski definition) is 2. The average molecular weight is 439 g/mol. The number of rotatable bonds is 6. The molecule has 0 radical (unpaired) electrons. The lowest BCUT2D eigenvalue weighted by Crippen LogP contribution is -2.34. The lowest BCUT2D eigenvalue weighted by molar-refractivity contribution is 0.0697. The molecule has 2 N–H and O–H groups in total. The molecule has 0 aliphatic rings. The fourth-order valence-electron chi connectivity index (χ4n) is 3.18. The molecule has 0 unspecified atom stereocenters. The van der Waals surface area contributed by atoms with Gasteiger partial charge >= 0.3 is 5.97 Å². The molecule has 0 amide bonds. The number of anilines is 1. The van der Waals surface area contributed by atoms with Crippen molar-refractivity contribution in [3.8, 4) is 0 Å². The number of nitrogens with one attached hydrogen (secondary N) is 1. The summed E-state index contributed by atoms with van der Waals surface area (Å²) < 4.78 is 0. The average Bonchev–Trinajstić information content (AvgIpc) is 2.72. The summed E-state index contributed by atoms with van der Waals surface area (Å²) in [6.07, 6.45) is 0. The van der Waals surface area contributed by atoms with E-state index in [9.17, 15) is 4.79 Å². The molecule has 0 bridgehead atoms. The number of halogens is 1. The van der Waals surface area contributed by atoms with Crippen LogP contribution in [0.3, 0.4) is 0 Å². The molecule has 0 aliphatic carbocycles. The zero-order valence-electron chi connectivity index (χ0n) is 16.9. The van der Waals surface area contributed by atoms with E-state index in [4.69, 9.17) is 28.9 Å². The van der Waals surface area contributed by atoms with E-state index in [0.29, 0.717) is 23.2 Å². The normalized spacial score (nSPS) is 10.5. The highest BCUT2D eigenvalue weighted by atomic mass is 35.5. The topological polar surface area (TPSA) is 52.6 Å². The Hall–Kier alpha value is -2.89. The van der Waals surface area contributed by atoms with Gasteiger partial charge in [-0.1, -0.05) is 54.1 Å². The molecule has 0 aromatic heterocycles. The summed E-state index contributed by atoms with van der Waals surface area (Å²) in [7, 11) is 0. The van der Waals surface area contributed by atoms with E-state index in [1.807, 2.05) is 68.4 Å². The molecule has 4 nitrogen and oxygen atoms in total. The van der Waals surface area contributed by atoms with Crippen molar-refractivity contribution in [2.45, 2.75) is 26.9 Å². The van der Waals surface area contributed by atoms with Gasteiger partial charge in [0.25, 0.3) is 0 Å². The Kier molecular flexibility index (Phi) is 7.08. The van der Waals surface area contributed by atoms with Crippen LogP contribution in [-0.4, -0.2) is 21.1 Å². The van der Waals surface area contributed by atoms with Gasteiger partial charge in [0.15, 0.2) is 5.11 Å². The standard InChI is InChI=1S/C24H23ClN2O2S/c1-16-4-3-5-17(2)22(16)26-24(30)27(15-19-8-12-21(25)13-9-19)14-18-6-10-20(11-7-18)23(28)29/h3-13H,14-15H2,1-2H3,(H,26,30)(H,28,29). The number of aromatic carboxylic acids is 1. The Balaban J connectivity index is 1.85. The third-order valence-corrected chi connectivity index (χ3v) is 5.47. The van der Waals surface area contributed by atoms with E-state index in [1.54, 1.807) is 12.1 Å². The fourth-order valence-corrected chi connectivity index (χ4v) is 3.54. The van der Waals surface area contributed by atoms with E-state index in [2.05, 4.69) is 10.2 Å². The third-order valence-electron chi connectivity index (χ3n) is 4.86. The molecular weight excluding hydrogens is 416 g/mol. The van der Waals surface area contributed by atoms with Gasteiger partial charge in [-0.3, -0.25) is 0 Å². The first kappa shape index (κ1) is 21.8. The van der Waals surface area contributed by atoms with E-state index in [0.717, 1.165) is 27.9 Å². The zero-order valence-corrected chi connectivity index (χ0v) is 18.4. The fraction of sp³-hybridized carbons (Fsp3) is 0.167. The van der Waals surface area contributed by atoms with Gasteiger partial charge in [0, 0.05) is 23.8 Å². The number of para-hydroxylation sites is 1. The van der Waals surface area contributed by atoms with E-state index >= 15 is 0 Å². The first-order valence-corrected chi connectivity index (χ1v) is 10.3. The first-order valence-electron chi connectivity index (χ1n) is 9.52. The monoisotopic (exact) mass is 438 g/mol. The molecule has 6 heteroatoms. The molecule has 154 valence electrons. The van der Waals surface area contributed by atoms with E-state index in [-0.39, 0.29) is 5.56 Å². The van der Waals surface area contributed by atoms with Crippen LogP contribution in [0.1, 0.15) is 32.6 Å². The van der Waals surface area contributed by atoms with Crippen molar-refractivity contribution in [2.75, 3.05) is 5.32 Å². The number of carboxylic acid groups (broad SMARTS) is 1. The Morgan fingerprint density at radius 1 is 0.933 bits per heavy atom. The predicted molar refractivity (Wildman–Crippen MR) is 126 cm³/mol. The smallest absolute Gasteiger partial charge is 0.335 e. The van der Waals surface area contributed by atoms with Crippen molar-refractivity contribution in [1.82, 2.24) is 4.90 Å². The van der Waals surface area contributed by atoms with Gasteiger partial charge in [-0.2, -0.15) is 0 Å². The number of hydrogen-bond donors (Lipinski definition) is 2. The molecule has 3 rings (SSSR count). The number of carboxylic acids is 1. The highest BCUT2D eigenvalue weighted by molar-refractivity contribution is 7.80. The lowest BCUT2D eigenvalue weighted by atomic mass is 10.1. The van der Waals surface area contributed by atoms with Gasteiger partial charge in [0.2, 0.25) is 0 Å². The second-order valence-electron chi connectivity index (χ2n) is 7.18. The molecule has 0 fully saturated rings. The summed E-state index contributed by atoms with van der Waals surface area (Å²) in [5.74, 6) is -0.938. The minimum Gasteiger partial charge on any atom is -0.478 e. The first-order chi connectivity index (χ1) is 14.3. The van der Waals surface area contributed by atoms with Crippen LogP contribution in [0.4, 0.5) is 5.69 Å². The maximum atomic E-state index is 11.1. The number of benzene rings is 3. The van der Waals surface area contributed by atoms with Crippen molar-refractivity contribution in [2.24, 2.45) is 0 Å². The number of nitrogens with zero attached hydrogens (tertiary/aromatic N) is 1. The van der Waals surface area contributed by atoms with Crippen molar-refractivity contribution < 1.29 is 9.90 Å². The summed E-state index contributed by atoms with van der Waals surface area (Å²) in [5.41, 5.74) is 5.56. The van der Waals surface area contributed by atoms with Gasteiger partial charge in [-0.05, 0) is 72.6 Å². The zero-order chi connectivity index (χ0) is 21.7. The van der Waals surface area contributed by atoms with Crippen LogP contribution >= 0.6 is 23.8 Å². The van der Waals surface area contributed by atoms with Crippen LogP contribution in [0.2, 0.25) is 5.02 Å². The van der Waals surface area contributed by atoms with Crippen LogP contribution in [0.5, 0.6) is 0 Å². The maximum absolute atomic E-state index is 11.1. The molecule has 0 spiro atoms. The van der Waals surface area contributed by atoms with Crippen LogP contribution in [0.15, 0.2) is 66.7 Å². The highest BCUT2D eigenvalue weighted by Crippen LogP contribution is 2.21. The largest absolute Gasteiger partial charge is 0.478 e. The predicted octanol–water partition coefficient (Wildman–Crippen LogP) is 6.05. The SMILES string of the molecule is Cc1cccc(C)c1NC(=S)N(Cc1ccc(Cl)cc1)Cc1ccc(C(=O)O)cc1. The summed E-state index contributed by atoms with van der Waals surface area (Å²) in [4.78, 5) is 13.2. The van der Waals surface area contributed by atoms with Gasteiger partial charge in [0.05, 0.1) is 5.56 Å². The molecule has 3 aromatic carbocycles. The number of thiocarbonyl (C=S) groups is 1. The van der Waals surface area contributed by atoms with E-state index in [1.165, 1.54) is 0 Å². The molecule has 0 saturated carbocycles. The molecule has 0 aliphatic heterocycles. The quantitative estimate of drug-likeness (QED) is 0.458. The Morgan fingerprint density at radius 2 is 1.43 bits per heavy atom. The van der Waals surface area contributed by atoms with Crippen molar-refractivity contribution in [3.63, 3.8) is 0 Å². The van der Waals surface area contributed by atoms with Crippen LogP contribution in [0, 0.1) is 13.8 Å². The van der Waals surface area contributed by atoms with Gasteiger partial charge in [-0.25, -0.2) is 4.79 Å². The molecule has 0 heterocycles. The number of aryl methyl sites for hydroxylation is 2. The second-order valence-corrected chi connectivity index (χ2v) is 8.00. The Morgan fingerprint density at radius 3 is 1.93 bits per heavy atom. The maximum Gasteiger partial charge on any atom is 0.335 e. The highest BCUT2D eigenvalue weighted by Gasteiger charge is 2.14. The summed E-state index contributed by atoms with van der Waals surface area (Å²) in [5, 5.41) is 13.8. The molecule has 0 atom stereocenters. The summed E-state index contributed by atoms with van der Waals surface area (Å²) >= 11 is 11.8. The molecular formula is C24H23ClN2O2S. The summed E-state index contributed by atoms with van der Waals surface area (Å²) in [6, 6.07) is 20.7. The van der Waals surface area contributed by atoms with Crippen molar-refractivity contribution in [1.29, 1.82) is 0 Å². The Labute approximate surface area is 187 Å². The van der Waals surface area contributed by atoms with E-state index < -0.39 is 5.97 Å². The molecule has 30 heavy (non-hydrogen) atoms. The third kappa shape index (κ3) is 5.59. The minimum atomic E-state index is -0.938. The van der Waals surface area contributed by atoms with Gasteiger partial charge in [-0.15, -0.1) is 0 Å². The lowest BCUT2D eigenvalue weighted by Gasteiger charge is -2.27. The van der Waals surface area contributed by atoms with Crippen molar-refractivity contribution >= 4 is 40.6 Å². The second kappa shape index (κ2) is 9.74. The van der Waals surface area contributed by atoms with Crippen molar-refractivity contribution in [3.05, 3.63) is 99.6 Å². The van der Waals surface area contributed by atoms with Crippen LogP contribution < -0.4 is 5.32 Å². The number of carbonyl (C=O) groups is 1. The molecule has 0 saturated heterocycles. The van der Waals surface area contributed by atoms with Gasteiger partial charge in [0.1, 0.15) is 0 Å². The summed E-state index contributed by atoms with van der Waals surface area (Å²) in [6.45, 7) is 5.23. The molecule has 3 aromatic rings.